The van der Waals surface area contributed by atoms with Gasteiger partial charge in [-0.15, -0.1) is 0 Å². The van der Waals surface area contributed by atoms with Crippen LogP contribution in [0, 0.1) is 16.7 Å². The molecule has 0 saturated heterocycles. The lowest BCUT2D eigenvalue weighted by atomic mass is 9.62. The van der Waals surface area contributed by atoms with Crippen molar-refractivity contribution in [1.82, 2.24) is 5.32 Å². The lowest BCUT2D eigenvalue weighted by molar-refractivity contribution is 0.0788. The lowest BCUT2D eigenvalue weighted by Crippen LogP contribution is -2.40. The topological polar surface area (TPSA) is 12.0 Å². The predicted molar refractivity (Wildman–Crippen MR) is 79.8 cm³/mol. The summed E-state index contributed by atoms with van der Waals surface area (Å²) in [5, 5.41) is 3.81. The Morgan fingerprint density at radius 3 is 2.11 bits per heavy atom. The Balaban J connectivity index is 1.87. The Labute approximate surface area is 114 Å². The highest BCUT2D eigenvalue weighted by Crippen LogP contribution is 2.47. The standard InChI is InChI=1S/C17H33N/c1-5-10-17(13-18-15-6-7-15)11-8-14(9-12-17)16(2,3)4/h14-15,18H,5-13H2,1-4H3. The maximum absolute atomic E-state index is 3.81. The molecule has 0 unspecified atom stereocenters. The average molecular weight is 251 g/mol. The van der Waals surface area contributed by atoms with E-state index in [1.807, 2.05) is 0 Å². The molecular formula is C17H33N. The van der Waals surface area contributed by atoms with Crippen molar-refractivity contribution >= 4 is 0 Å². The molecule has 2 aliphatic rings. The summed E-state index contributed by atoms with van der Waals surface area (Å²) in [6.07, 6.45) is 11.5. The van der Waals surface area contributed by atoms with Crippen LogP contribution in [0.25, 0.3) is 0 Å². The summed E-state index contributed by atoms with van der Waals surface area (Å²) < 4.78 is 0. The Kier molecular flexibility index (Phi) is 4.41. The fraction of sp³-hybridized carbons (Fsp3) is 1.00. The lowest BCUT2D eigenvalue weighted by Gasteiger charge is -2.44. The van der Waals surface area contributed by atoms with E-state index in [4.69, 9.17) is 0 Å². The van der Waals surface area contributed by atoms with Crippen molar-refractivity contribution in [3.63, 3.8) is 0 Å². The van der Waals surface area contributed by atoms with Gasteiger partial charge in [0.25, 0.3) is 0 Å². The first kappa shape index (κ1) is 14.4. The third-order valence-corrected chi connectivity index (χ3v) is 5.39. The largest absolute Gasteiger partial charge is 0.313 e. The van der Waals surface area contributed by atoms with Gasteiger partial charge in [-0.25, -0.2) is 0 Å². The summed E-state index contributed by atoms with van der Waals surface area (Å²) >= 11 is 0. The van der Waals surface area contributed by atoms with Gasteiger partial charge in [0, 0.05) is 12.6 Å². The van der Waals surface area contributed by atoms with Crippen molar-refractivity contribution in [2.45, 2.75) is 85.1 Å². The Hall–Kier alpha value is -0.0400. The smallest absolute Gasteiger partial charge is 0.00684 e. The van der Waals surface area contributed by atoms with E-state index in [1.165, 1.54) is 57.9 Å². The normalized spacial score (nSPS) is 33.7. The zero-order valence-corrected chi connectivity index (χ0v) is 13.0. The van der Waals surface area contributed by atoms with E-state index >= 15 is 0 Å². The van der Waals surface area contributed by atoms with E-state index in [9.17, 15) is 0 Å². The molecule has 1 N–H and O–H groups in total. The van der Waals surface area contributed by atoms with Crippen molar-refractivity contribution in [3.05, 3.63) is 0 Å². The van der Waals surface area contributed by atoms with E-state index in [2.05, 4.69) is 33.0 Å². The molecule has 0 atom stereocenters. The zero-order chi connectivity index (χ0) is 13.2. The van der Waals surface area contributed by atoms with Crippen LogP contribution in [0.5, 0.6) is 0 Å². The number of hydrogen-bond acceptors (Lipinski definition) is 1. The first-order valence-corrected chi connectivity index (χ1v) is 8.19. The Morgan fingerprint density at radius 1 is 1.06 bits per heavy atom. The van der Waals surface area contributed by atoms with Crippen molar-refractivity contribution in [1.29, 1.82) is 0 Å². The van der Waals surface area contributed by atoms with Gasteiger partial charge in [0.2, 0.25) is 0 Å². The molecule has 2 rings (SSSR count). The highest BCUT2D eigenvalue weighted by molar-refractivity contribution is 4.92. The molecular weight excluding hydrogens is 218 g/mol. The van der Waals surface area contributed by atoms with Gasteiger partial charge in [0.05, 0.1) is 0 Å². The molecule has 106 valence electrons. The highest BCUT2D eigenvalue weighted by atomic mass is 15.0. The maximum atomic E-state index is 3.81. The average Bonchev–Trinajstić information content (AvgIpc) is 3.10. The van der Waals surface area contributed by atoms with Gasteiger partial charge in [0.1, 0.15) is 0 Å². The molecule has 18 heavy (non-hydrogen) atoms. The van der Waals surface area contributed by atoms with E-state index in [-0.39, 0.29) is 0 Å². The van der Waals surface area contributed by atoms with Crippen LogP contribution < -0.4 is 5.32 Å². The fourth-order valence-corrected chi connectivity index (χ4v) is 3.79. The summed E-state index contributed by atoms with van der Waals surface area (Å²) in [5.41, 5.74) is 1.15. The van der Waals surface area contributed by atoms with E-state index in [0.29, 0.717) is 10.8 Å². The molecule has 0 heterocycles. The highest BCUT2D eigenvalue weighted by Gasteiger charge is 2.38. The van der Waals surface area contributed by atoms with Crippen LogP contribution in [-0.2, 0) is 0 Å². The molecule has 0 aliphatic heterocycles. The molecule has 2 saturated carbocycles. The van der Waals surface area contributed by atoms with Gasteiger partial charge in [-0.05, 0) is 61.7 Å². The van der Waals surface area contributed by atoms with Crippen molar-refractivity contribution in [2.75, 3.05) is 6.54 Å². The van der Waals surface area contributed by atoms with Crippen molar-refractivity contribution in [3.8, 4) is 0 Å². The number of nitrogens with one attached hydrogen (secondary N) is 1. The SMILES string of the molecule is CCCC1(CNC2CC2)CCC(C(C)(C)C)CC1. The monoisotopic (exact) mass is 251 g/mol. The van der Waals surface area contributed by atoms with Crippen LogP contribution in [0.3, 0.4) is 0 Å². The second-order valence-corrected chi connectivity index (χ2v) is 8.05. The molecule has 2 fully saturated rings. The molecule has 0 aromatic carbocycles. The third-order valence-electron chi connectivity index (χ3n) is 5.39. The minimum absolute atomic E-state index is 0.516. The molecule has 1 nitrogen and oxygen atoms in total. The molecule has 0 radical (unpaired) electrons. The Morgan fingerprint density at radius 2 is 1.67 bits per heavy atom. The minimum Gasteiger partial charge on any atom is -0.313 e. The quantitative estimate of drug-likeness (QED) is 0.743. The van der Waals surface area contributed by atoms with Crippen LogP contribution in [0.1, 0.15) is 79.1 Å². The first-order valence-electron chi connectivity index (χ1n) is 8.19. The summed E-state index contributed by atoms with van der Waals surface area (Å²) in [6.45, 7) is 10.9. The van der Waals surface area contributed by atoms with Crippen molar-refractivity contribution < 1.29 is 0 Å². The van der Waals surface area contributed by atoms with Crippen LogP contribution in [0.4, 0.5) is 0 Å². The van der Waals surface area contributed by atoms with E-state index in [1.54, 1.807) is 0 Å². The summed E-state index contributed by atoms with van der Waals surface area (Å²) in [6, 6.07) is 0.874. The summed E-state index contributed by atoms with van der Waals surface area (Å²) in [5.74, 6) is 0.948. The van der Waals surface area contributed by atoms with Gasteiger partial charge in [-0.1, -0.05) is 34.1 Å². The summed E-state index contributed by atoms with van der Waals surface area (Å²) in [7, 11) is 0. The van der Waals surface area contributed by atoms with Crippen LogP contribution in [0.15, 0.2) is 0 Å². The predicted octanol–water partition coefficient (Wildman–Crippen LogP) is 4.76. The second-order valence-electron chi connectivity index (χ2n) is 8.05. The van der Waals surface area contributed by atoms with Gasteiger partial charge < -0.3 is 5.32 Å². The third kappa shape index (κ3) is 3.73. The minimum atomic E-state index is 0.516. The van der Waals surface area contributed by atoms with Crippen LogP contribution in [-0.4, -0.2) is 12.6 Å². The number of rotatable bonds is 5. The molecule has 2 aliphatic carbocycles. The molecule has 0 spiro atoms. The van der Waals surface area contributed by atoms with E-state index in [0.717, 1.165) is 12.0 Å². The van der Waals surface area contributed by atoms with E-state index < -0.39 is 0 Å². The molecule has 0 aromatic heterocycles. The zero-order valence-electron chi connectivity index (χ0n) is 13.0. The molecule has 0 aromatic rings. The van der Waals surface area contributed by atoms with Crippen LogP contribution in [0.2, 0.25) is 0 Å². The Bertz CT molecular complexity index is 251. The van der Waals surface area contributed by atoms with Crippen molar-refractivity contribution in [2.24, 2.45) is 16.7 Å². The summed E-state index contributed by atoms with van der Waals surface area (Å²) in [4.78, 5) is 0. The number of hydrogen-bond donors (Lipinski definition) is 1. The fourth-order valence-electron chi connectivity index (χ4n) is 3.79. The molecule has 0 amide bonds. The van der Waals surface area contributed by atoms with Gasteiger partial charge in [0.15, 0.2) is 0 Å². The molecule has 0 bridgehead atoms. The maximum Gasteiger partial charge on any atom is 0.00684 e. The van der Waals surface area contributed by atoms with Gasteiger partial charge in [-0.2, -0.15) is 0 Å². The molecule has 1 heteroatoms. The van der Waals surface area contributed by atoms with Gasteiger partial charge in [-0.3, -0.25) is 0 Å². The first-order chi connectivity index (χ1) is 8.45. The van der Waals surface area contributed by atoms with Crippen LogP contribution >= 0.6 is 0 Å². The second kappa shape index (κ2) is 5.53. The van der Waals surface area contributed by atoms with Gasteiger partial charge >= 0.3 is 0 Å².